The van der Waals surface area contributed by atoms with Crippen LogP contribution in [0.3, 0.4) is 0 Å². The van der Waals surface area contributed by atoms with E-state index in [1.807, 2.05) is 0 Å². The molecule has 0 aromatic heterocycles. The number of hydrogen-bond acceptors (Lipinski definition) is 4. The van der Waals surface area contributed by atoms with E-state index in [4.69, 9.17) is 5.73 Å². The van der Waals surface area contributed by atoms with Gasteiger partial charge in [-0.05, 0) is 30.5 Å². The molecular formula is C15H23ClN2O3S. The molecule has 2 rings (SSSR count). The summed E-state index contributed by atoms with van der Waals surface area (Å²) in [5, 5.41) is 2.85. The minimum atomic E-state index is -3.19. The highest BCUT2D eigenvalue weighted by atomic mass is 35.5. The predicted molar refractivity (Wildman–Crippen MR) is 88.6 cm³/mol. The van der Waals surface area contributed by atoms with Crippen molar-refractivity contribution < 1.29 is 13.2 Å². The minimum absolute atomic E-state index is 0. The van der Waals surface area contributed by atoms with E-state index >= 15 is 0 Å². The van der Waals surface area contributed by atoms with Crippen molar-refractivity contribution in [2.24, 2.45) is 5.73 Å². The number of halogens is 1. The fraction of sp³-hybridized carbons (Fsp3) is 0.533. The van der Waals surface area contributed by atoms with Crippen LogP contribution in [0.2, 0.25) is 0 Å². The number of sulfone groups is 1. The summed E-state index contributed by atoms with van der Waals surface area (Å²) in [6, 6.07) is 6.52. The number of carbonyl (C=O) groups is 1. The fourth-order valence-corrected chi connectivity index (χ4v) is 3.25. The van der Waals surface area contributed by atoms with Crippen LogP contribution in [0.5, 0.6) is 0 Å². The van der Waals surface area contributed by atoms with E-state index in [9.17, 15) is 13.2 Å². The first kappa shape index (κ1) is 18.9. The number of benzene rings is 1. The van der Waals surface area contributed by atoms with Crippen molar-refractivity contribution in [1.82, 2.24) is 5.32 Å². The third-order valence-corrected chi connectivity index (χ3v) is 5.13. The molecule has 22 heavy (non-hydrogen) atoms. The third kappa shape index (κ3) is 4.69. The molecule has 1 aromatic carbocycles. The Hall–Kier alpha value is -1.11. The molecule has 1 fully saturated rings. The van der Waals surface area contributed by atoms with Crippen LogP contribution in [0.15, 0.2) is 29.2 Å². The van der Waals surface area contributed by atoms with Crippen molar-refractivity contribution in [1.29, 1.82) is 0 Å². The molecule has 5 nitrogen and oxygen atoms in total. The van der Waals surface area contributed by atoms with Crippen LogP contribution in [-0.2, 0) is 21.2 Å². The molecule has 0 aliphatic heterocycles. The summed E-state index contributed by atoms with van der Waals surface area (Å²) in [6.07, 6.45) is 5.75. The van der Waals surface area contributed by atoms with Gasteiger partial charge >= 0.3 is 0 Å². The molecule has 1 aliphatic carbocycles. The molecule has 0 radical (unpaired) electrons. The monoisotopic (exact) mass is 346 g/mol. The van der Waals surface area contributed by atoms with Crippen LogP contribution in [0.25, 0.3) is 0 Å². The molecule has 0 heterocycles. The molecule has 0 atom stereocenters. The topological polar surface area (TPSA) is 89.3 Å². The Morgan fingerprint density at radius 3 is 2.23 bits per heavy atom. The Labute approximate surface area is 138 Å². The lowest BCUT2D eigenvalue weighted by molar-refractivity contribution is -0.127. The van der Waals surface area contributed by atoms with Crippen molar-refractivity contribution in [3.8, 4) is 0 Å². The molecule has 1 aromatic rings. The third-order valence-electron chi connectivity index (χ3n) is 4.00. The lowest BCUT2D eigenvalue weighted by atomic mass is 9.82. The lowest BCUT2D eigenvalue weighted by Crippen LogP contribution is -2.54. The molecule has 1 saturated carbocycles. The minimum Gasteiger partial charge on any atom is -0.350 e. The summed E-state index contributed by atoms with van der Waals surface area (Å²) in [7, 11) is -3.19. The van der Waals surface area contributed by atoms with Crippen molar-refractivity contribution in [2.75, 3.05) is 6.26 Å². The smallest absolute Gasteiger partial charge is 0.240 e. The number of nitrogens with two attached hydrogens (primary N) is 1. The molecule has 7 heteroatoms. The maximum absolute atomic E-state index is 12.2. The van der Waals surface area contributed by atoms with Gasteiger partial charge in [0.25, 0.3) is 0 Å². The van der Waals surface area contributed by atoms with Crippen molar-refractivity contribution in [3.63, 3.8) is 0 Å². The van der Waals surface area contributed by atoms with Gasteiger partial charge < -0.3 is 11.1 Å². The molecule has 0 saturated heterocycles. The maximum Gasteiger partial charge on any atom is 0.240 e. The van der Waals surface area contributed by atoms with E-state index in [0.29, 0.717) is 6.54 Å². The van der Waals surface area contributed by atoms with E-state index in [2.05, 4.69) is 5.32 Å². The van der Waals surface area contributed by atoms with Crippen LogP contribution in [-0.4, -0.2) is 26.1 Å². The molecule has 0 spiro atoms. The Bertz CT molecular complexity index is 608. The van der Waals surface area contributed by atoms with Crippen molar-refractivity contribution >= 4 is 28.2 Å². The molecule has 124 valence electrons. The van der Waals surface area contributed by atoms with Gasteiger partial charge in [0.1, 0.15) is 0 Å². The van der Waals surface area contributed by atoms with E-state index < -0.39 is 15.4 Å². The Morgan fingerprint density at radius 1 is 1.18 bits per heavy atom. The summed E-state index contributed by atoms with van der Waals surface area (Å²) in [4.78, 5) is 12.5. The average molecular weight is 347 g/mol. The van der Waals surface area contributed by atoms with Crippen LogP contribution in [0.4, 0.5) is 0 Å². The average Bonchev–Trinajstić information content (AvgIpc) is 2.45. The number of hydrogen-bond donors (Lipinski definition) is 2. The highest BCUT2D eigenvalue weighted by Gasteiger charge is 2.34. The summed E-state index contributed by atoms with van der Waals surface area (Å²) < 4.78 is 22.7. The van der Waals surface area contributed by atoms with E-state index in [-0.39, 0.29) is 23.2 Å². The van der Waals surface area contributed by atoms with Crippen molar-refractivity contribution in [2.45, 2.75) is 49.1 Å². The summed E-state index contributed by atoms with van der Waals surface area (Å²) in [5.41, 5.74) is 6.27. The molecule has 0 bridgehead atoms. The molecule has 1 aliphatic rings. The van der Waals surface area contributed by atoms with Gasteiger partial charge in [0.15, 0.2) is 9.84 Å². The zero-order valence-electron chi connectivity index (χ0n) is 12.7. The summed E-state index contributed by atoms with van der Waals surface area (Å²) >= 11 is 0. The van der Waals surface area contributed by atoms with Crippen LogP contribution in [0, 0.1) is 0 Å². The van der Waals surface area contributed by atoms with E-state index in [0.717, 1.165) is 37.7 Å². The zero-order valence-corrected chi connectivity index (χ0v) is 14.3. The largest absolute Gasteiger partial charge is 0.350 e. The quantitative estimate of drug-likeness (QED) is 0.869. The number of nitrogens with one attached hydrogen (secondary N) is 1. The second-order valence-corrected chi connectivity index (χ2v) is 7.83. The highest BCUT2D eigenvalue weighted by molar-refractivity contribution is 7.90. The van der Waals surface area contributed by atoms with Crippen LogP contribution >= 0.6 is 12.4 Å². The second-order valence-electron chi connectivity index (χ2n) is 5.82. The van der Waals surface area contributed by atoms with Crippen LogP contribution < -0.4 is 11.1 Å². The normalized spacial score (nSPS) is 17.4. The molecule has 1 amide bonds. The molecular weight excluding hydrogens is 324 g/mol. The van der Waals surface area contributed by atoms with E-state index in [1.165, 1.54) is 6.26 Å². The Kier molecular flexibility index (Phi) is 6.40. The number of amides is 1. The number of rotatable bonds is 4. The second kappa shape index (κ2) is 7.44. The van der Waals surface area contributed by atoms with Gasteiger partial charge in [0, 0.05) is 12.8 Å². The first-order chi connectivity index (χ1) is 9.81. The highest BCUT2D eigenvalue weighted by Crippen LogP contribution is 2.26. The molecule has 0 unspecified atom stereocenters. The Balaban J connectivity index is 0.00000242. The van der Waals surface area contributed by atoms with Gasteiger partial charge in [0.2, 0.25) is 5.91 Å². The van der Waals surface area contributed by atoms with E-state index in [1.54, 1.807) is 24.3 Å². The zero-order chi connectivity index (χ0) is 15.5. The maximum atomic E-state index is 12.2. The van der Waals surface area contributed by atoms with Gasteiger partial charge in [-0.2, -0.15) is 0 Å². The van der Waals surface area contributed by atoms with Gasteiger partial charge in [0.05, 0.1) is 10.4 Å². The van der Waals surface area contributed by atoms with Gasteiger partial charge in [-0.1, -0.05) is 31.4 Å². The Morgan fingerprint density at radius 2 is 1.73 bits per heavy atom. The van der Waals surface area contributed by atoms with Gasteiger partial charge in [-0.3, -0.25) is 4.79 Å². The van der Waals surface area contributed by atoms with Crippen molar-refractivity contribution in [3.05, 3.63) is 29.8 Å². The SMILES string of the molecule is CS(=O)(=O)c1ccc(CNC(=O)C2(N)CCCCC2)cc1.Cl. The predicted octanol–water partition coefficient (Wildman–Crippen LogP) is 1.79. The number of carbonyl (C=O) groups excluding carboxylic acids is 1. The first-order valence-electron chi connectivity index (χ1n) is 7.17. The summed E-state index contributed by atoms with van der Waals surface area (Å²) in [5.74, 6) is -0.116. The van der Waals surface area contributed by atoms with Crippen LogP contribution in [0.1, 0.15) is 37.7 Å². The first-order valence-corrected chi connectivity index (χ1v) is 9.07. The van der Waals surface area contributed by atoms with Gasteiger partial charge in [-0.15, -0.1) is 12.4 Å². The lowest BCUT2D eigenvalue weighted by Gasteiger charge is -2.31. The summed E-state index contributed by atoms with van der Waals surface area (Å²) in [6.45, 7) is 0.363. The van der Waals surface area contributed by atoms with Gasteiger partial charge in [-0.25, -0.2) is 8.42 Å². The molecule has 3 N–H and O–H groups in total. The standard InChI is InChI=1S/C15H22N2O3S.ClH/c1-21(19,20)13-7-5-12(6-8-13)11-17-14(18)15(16)9-3-2-4-10-15;/h5-8H,2-4,9-11,16H2,1H3,(H,17,18);1H. The fourth-order valence-electron chi connectivity index (χ4n) is 2.62.